The van der Waals surface area contributed by atoms with E-state index in [-0.39, 0.29) is 0 Å². The molecule has 15 heavy (non-hydrogen) atoms. The first-order valence-electron chi connectivity index (χ1n) is 6.28. The molecule has 0 N–H and O–H groups in total. The van der Waals surface area contributed by atoms with Gasteiger partial charge in [0.05, 0.1) is 6.10 Å². The molecule has 2 unspecified atom stereocenters. The molecule has 2 atom stereocenters. The molecule has 2 aliphatic rings. The van der Waals surface area contributed by atoms with Crippen LogP contribution >= 0.6 is 15.9 Å². The fourth-order valence-electron chi connectivity index (χ4n) is 2.64. The monoisotopic (exact) mass is 275 g/mol. The zero-order valence-electron chi connectivity index (χ0n) is 9.46. The van der Waals surface area contributed by atoms with E-state index in [1.54, 1.807) is 0 Å². The largest absolute Gasteiger partial charge is 0.377 e. The highest BCUT2D eigenvalue weighted by Crippen LogP contribution is 2.21. The summed E-state index contributed by atoms with van der Waals surface area (Å²) in [5, 5.41) is 1.18. The minimum atomic E-state index is 0.533. The first-order valence-corrected chi connectivity index (χ1v) is 7.40. The normalized spacial score (nSPS) is 34.2. The Bertz CT molecular complexity index is 182. The van der Waals surface area contributed by atoms with Crippen molar-refractivity contribution in [2.45, 2.75) is 38.2 Å². The van der Waals surface area contributed by atoms with Crippen LogP contribution in [0.15, 0.2) is 0 Å². The molecule has 0 aromatic carbocycles. The van der Waals surface area contributed by atoms with Crippen LogP contribution < -0.4 is 0 Å². The summed E-state index contributed by atoms with van der Waals surface area (Å²) >= 11 is 3.61. The summed E-state index contributed by atoms with van der Waals surface area (Å²) in [6.07, 6.45) is 7.19. The lowest BCUT2D eigenvalue weighted by Crippen LogP contribution is -2.33. The molecule has 2 saturated heterocycles. The lowest BCUT2D eigenvalue weighted by Gasteiger charge is -2.23. The molecule has 2 rings (SSSR count). The zero-order valence-corrected chi connectivity index (χ0v) is 11.0. The molecule has 0 aromatic heterocycles. The van der Waals surface area contributed by atoms with E-state index in [2.05, 4.69) is 20.8 Å². The lowest BCUT2D eigenvalue weighted by molar-refractivity contribution is 0.0740. The van der Waals surface area contributed by atoms with Crippen molar-refractivity contribution in [3.05, 3.63) is 0 Å². The Morgan fingerprint density at radius 1 is 1.13 bits per heavy atom. The van der Waals surface area contributed by atoms with Gasteiger partial charge in [0.2, 0.25) is 0 Å². The Balaban J connectivity index is 1.72. The number of alkyl halides is 1. The number of nitrogens with zero attached hydrogens (tertiary/aromatic N) is 1. The Kier molecular flexibility index (Phi) is 4.92. The number of rotatable bonds is 3. The van der Waals surface area contributed by atoms with E-state index < -0.39 is 0 Å². The van der Waals surface area contributed by atoms with Crippen LogP contribution in [-0.2, 0) is 4.74 Å². The highest BCUT2D eigenvalue weighted by Gasteiger charge is 2.21. The molecule has 0 spiro atoms. The first-order chi connectivity index (χ1) is 7.38. The molecule has 0 aliphatic carbocycles. The zero-order chi connectivity index (χ0) is 10.5. The van der Waals surface area contributed by atoms with E-state index in [0.29, 0.717) is 6.10 Å². The van der Waals surface area contributed by atoms with E-state index in [1.807, 2.05) is 0 Å². The van der Waals surface area contributed by atoms with Gasteiger partial charge in [-0.15, -0.1) is 0 Å². The third-order valence-electron chi connectivity index (χ3n) is 3.64. The van der Waals surface area contributed by atoms with E-state index in [1.165, 1.54) is 57.1 Å². The van der Waals surface area contributed by atoms with E-state index in [0.717, 1.165) is 12.5 Å². The molecular weight excluding hydrogens is 254 g/mol. The second-order valence-corrected chi connectivity index (χ2v) is 5.53. The standard InChI is InChI=1S/C12H22BrNO/c13-9-11-3-1-6-14(7-5-11)10-12-4-2-8-15-12/h11-12H,1-10H2. The average Bonchev–Trinajstić information content (AvgIpc) is 2.64. The molecule has 2 aliphatic heterocycles. The van der Waals surface area contributed by atoms with Crippen LogP contribution in [-0.4, -0.2) is 42.6 Å². The molecule has 2 nitrogen and oxygen atoms in total. The van der Waals surface area contributed by atoms with Crippen molar-refractivity contribution < 1.29 is 4.74 Å². The van der Waals surface area contributed by atoms with E-state index in [4.69, 9.17) is 4.74 Å². The molecule has 0 saturated carbocycles. The third-order valence-corrected chi connectivity index (χ3v) is 4.56. The van der Waals surface area contributed by atoms with Crippen LogP contribution in [0.1, 0.15) is 32.1 Å². The number of likely N-dealkylation sites (tertiary alicyclic amines) is 1. The molecular formula is C12H22BrNO. The SMILES string of the molecule is BrCC1CCCN(CC2CCCO2)CC1. The summed E-state index contributed by atoms with van der Waals surface area (Å²) in [5.41, 5.74) is 0. The maximum atomic E-state index is 5.70. The summed E-state index contributed by atoms with van der Waals surface area (Å²) in [5.74, 6) is 0.902. The van der Waals surface area contributed by atoms with Gasteiger partial charge in [0.1, 0.15) is 0 Å². The number of hydrogen-bond acceptors (Lipinski definition) is 2. The van der Waals surface area contributed by atoms with Crippen LogP contribution in [0.3, 0.4) is 0 Å². The summed E-state index contributed by atoms with van der Waals surface area (Å²) in [4.78, 5) is 2.61. The molecule has 3 heteroatoms. The van der Waals surface area contributed by atoms with Crippen LogP contribution in [0.4, 0.5) is 0 Å². The van der Waals surface area contributed by atoms with Gasteiger partial charge in [0.25, 0.3) is 0 Å². The maximum Gasteiger partial charge on any atom is 0.0702 e. The van der Waals surface area contributed by atoms with Gasteiger partial charge in [0, 0.05) is 18.5 Å². The lowest BCUT2D eigenvalue weighted by atomic mass is 10.0. The predicted octanol–water partition coefficient (Wildman–Crippen LogP) is 2.66. The summed E-state index contributed by atoms with van der Waals surface area (Å²) in [6, 6.07) is 0. The number of ether oxygens (including phenoxy) is 1. The van der Waals surface area contributed by atoms with Gasteiger partial charge in [-0.05, 0) is 51.1 Å². The highest BCUT2D eigenvalue weighted by molar-refractivity contribution is 9.09. The van der Waals surface area contributed by atoms with Crippen LogP contribution in [0.5, 0.6) is 0 Å². The smallest absolute Gasteiger partial charge is 0.0702 e. The summed E-state index contributed by atoms with van der Waals surface area (Å²) in [6.45, 7) is 4.72. The van der Waals surface area contributed by atoms with Crippen molar-refractivity contribution in [3.8, 4) is 0 Å². The van der Waals surface area contributed by atoms with Crippen molar-refractivity contribution in [1.82, 2.24) is 4.90 Å². The molecule has 2 fully saturated rings. The fourth-order valence-corrected chi connectivity index (χ4v) is 3.29. The predicted molar refractivity (Wildman–Crippen MR) is 66.5 cm³/mol. The van der Waals surface area contributed by atoms with Gasteiger partial charge in [-0.1, -0.05) is 15.9 Å². The van der Waals surface area contributed by atoms with Crippen LogP contribution in [0.25, 0.3) is 0 Å². The molecule has 0 aromatic rings. The van der Waals surface area contributed by atoms with Crippen molar-refractivity contribution >= 4 is 15.9 Å². The van der Waals surface area contributed by atoms with E-state index >= 15 is 0 Å². The van der Waals surface area contributed by atoms with Crippen molar-refractivity contribution in [2.75, 3.05) is 31.6 Å². The maximum absolute atomic E-state index is 5.70. The van der Waals surface area contributed by atoms with E-state index in [9.17, 15) is 0 Å². The van der Waals surface area contributed by atoms with Crippen molar-refractivity contribution in [3.63, 3.8) is 0 Å². The quantitative estimate of drug-likeness (QED) is 0.735. The minimum absolute atomic E-state index is 0.533. The van der Waals surface area contributed by atoms with Crippen LogP contribution in [0, 0.1) is 5.92 Å². The van der Waals surface area contributed by atoms with Gasteiger partial charge in [-0.3, -0.25) is 0 Å². The second kappa shape index (κ2) is 6.21. The Morgan fingerprint density at radius 2 is 2.07 bits per heavy atom. The molecule has 0 bridgehead atoms. The third kappa shape index (κ3) is 3.72. The molecule has 2 heterocycles. The number of hydrogen-bond donors (Lipinski definition) is 0. The van der Waals surface area contributed by atoms with Gasteiger partial charge >= 0.3 is 0 Å². The van der Waals surface area contributed by atoms with Gasteiger partial charge in [0.15, 0.2) is 0 Å². The number of halogens is 1. The Morgan fingerprint density at radius 3 is 2.80 bits per heavy atom. The van der Waals surface area contributed by atoms with Crippen molar-refractivity contribution in [1.29, 1.82) is 0 Å². The second-order valence-electron chi connectivity index (χ2n) is 4.89. The Labute approximate surface area is 101 Å². The van der Waals surface area contributed by atoms with Crippen molar-refractivity contribution in [2.24, 2.45) is 5.92 Å². The molecule has 0 amide bonds. The summed E-state index contributed by atoms with van der Waals surface area (Å²) < 4.78 is 5.70. The fraction of sp³-hybridized carbons (Fsp3) is 1.00. The molecule has 0 radical (unpaired) electrons. The average molecular weight is 276 g/mol. The topological polar surface area (TPSA) is 12.5 Å². The van der Waals surface area contributed by atoms with Crippen LogP contribution in [0.2, 0.25) is 0 Å². The molecule has 88 valence electrons. The highest BCUT2D eigenvalue weighted by atomic mass is 79.9. The van der Waals surface area contributed by atoms with Gasteiger partial charge < -0.3 is 9.64 Å². The summed E-state index contributed by atoms with van der Waals surface area (Å²) in [7, 11) is 0. The van der Waals surface area contributed by atoms with Gasteiger partial charge in [-0.25, -0.2) is 0 Å². The minimum Gasteiger partial charge on any atom is -0.377 e. The Hall–Kier alpha value is 0.400. The van der Waals surface area contributed by atoms with Gasteiger partial charge in [-0.2, -0.15) is 0 Å². The first kappa shape index (κ1) is 11.9.